The number of hydrogen-bond donors (Lipinski definition) is 1. The van der Waals surface area contributed by atoms with E-state index in [9.17, 15) is 27.9 Å². The Kier molecular flexibility index (Phi) is 7.02. The Morgan fingerprint density at radius 3 is 2.49 bits per heavy atom. The van der Waals surface area contributed by atoms with Crippen molar-refractivity contribution < 1.29 is 27.9 Å². The number of likely N-dealkylation sites (N-methyl/N-ethyl adjacent to an activating group) is 1. The molecule has 5 rings (SSSR count). The summed E-state index contributed by atoms with van der Waals surface area (Å²) in [5.74, 6) is -0.644. The molecule has 1 aromatic heterocycles. The number of sulfone groups is 1. The molecule has 0 unspecified atom stereocenters. The maximum absolute atomic E-state index is 13.5. The van der Waals surface area contributed by atoms with Gasteiger partial charge < -0.3 is 14.9 Å². The number of piperidine rings is 1. The number of hydrogen-bond acceptors (Lipinski definition) is 6. The Morgan fingerprint density at radius 2 is 1.82 bits per heavy atom. The summed E-state index contributed by atoms with van der Waals surface area (Å²) in [6.07, 6.45) is 1.28. The first-order chi connectivity index (χ1) is 18.5. The van der Waals surface area contributed by atoms with Crippen molar-refractivity contribution >= 4 is 50.2 Å². The molecule has 2 aliphatic rings. The third-order valence-electron chi connectivity index (χ3n) is 7.56. The summed E-state index contributed by atoms with van der Waals surface area (Å²) in [4.78, 5) is 46.4. The Labute approximate surface area is 230 Å². The number of rotatable bonds is 6. The van der Waals surface area contributed by atoms with E-state index in [1.54, 1.807) is 46.9 Å². The molecule has 13 heteroatoms. The van der Waals surface area contributed by atoms with Gasteiger partial charge in [-0.05, 0) is 54.8 Å². The van der Waals surface area contributed by atoms with Gasteiger partial charge >= 0.3 is 12.1 Å². The molecule has 0 bridgehead atoms. The molecule has 0 spiro atoms. The number of carbonyl (C=O) groups is 3. The van der Waals surface area contributed by atoms with Crippen molar-refractivity contribution in [2.75, 3.05) is 25.9 Å². The standard InChI is InChI=1S/C26H28ClN5O6S/c1-16-28-13-21-14-31(25(34)32(16)21)20-7-9-30(10-8-20)24(33)23(29(2)26(35)36)15-39(37,38)22-6-4-17-11-19(27)5-3-18(17)12-22/h3-6,11-13,20,23H,7-10,14-15H2,1-2H3,(H,35,36)/t23-/m1/s1. The zero-order valence-corrected chi connectivity index (χ0v) is 23.0. The summed E-state index contributed by atoms with van der Waals surface area (Å²) < 4.78 is 28.3. The summed E-state index contributed by atoms with van der Waals surface area (Å²) in [5, 5.41) is 11.6. The molecule has 3 aromatic rings. The fourth-order valence-corrected chi connectivity index (χ4v) is 7.04. The molecule has 2 aliphatic heterocycles. The van der Waals surface area contributed by atoms with E-state index in [0.717, 1.165) is 16.0 Å². The van der Waals surface area contributed by atoms with Crippen LogP contribution in [0.3, 0.4) is 0 Å². The van der Waals surface area contributed by atoms with Gasteiger partial charge in [-0.1, -0.05) is 23.7 Å². The lowest BCUT2D eigenvalue weighted by molar-refractivity contribution is -0.136. The van der Waals surface area contributed by atoms with Gasteiger partial charge in [-0.2, -0.15) is 0 Å². The van der Waals surface area contributed by atoms with Crippen LogP contribution in [-0.4, -0.2) is 93.8 Å². The highest BCUT2D eigenvalue weighted by Crippen LogP contribution is 2.27. The van der Waals surface area contributed by atoms with Gasteiger partial charge in [-0.25, -0.2) is 23.0 Å². The minimum Gasteiger partial charge on any atom is -0.465 e. The Bertz CT molecular complexity index is 1580. The van der Waals surface area contributed by atoms with Gasteiger partial charge in [0.05, 0.1) is 29.1 Å². The normalized spacial score (nSPS) is 16.9. The third-order valence-corrected chi connectivity index (χ3v) is 9.52. The molecule has 1 saturated heterocycles. The molecule has 1 atom stereocenters. The Morgan fingerprint density at radius 1 is 1.15 bits per heavy atom. The number of likely N-dealkylation sites (tertiary alicyclic amines) is 1. The van der Waals surface area contributed by atoms with E-state index in [1.165, 1.54) is 24.1 Å². The van der Waals surface area contributed by atoms with Crippen LogP contribution in [0.25, 0.3) is 10.8 Å². The number of carbonyl (C=O) groups excluding carboxylic acids is 2. The lowest BCUT2D eigenvalue weighted by Crippen LogP contribution is -2.55. The van der Waals surface area contributed by atoms with Crippen LogP contribution >= 0.6 is 11.6 Å². The minimum absolute atomic E-state index is 0.00569. The van der Waals surface area contributed by atoms with Crippen molar-refractivity contribution in [1.82, 2.24) is 24.3 Å². The smallest absolute Gasteiger partial charge is 0.407 e. The largest absolute Gasteiger partial charge is 0.465 e. The molecular formula is C26H28ClN5O6S. The number of nitrogens with zero attached hydrogens (tertiary/aromatic N) is 5. The number of imidazole rings is 1. The number of benzene rings is 2. The first kappa shape index (κ1) is 26.9. The number of aryl methyl sites for hydroxylation is 1. The van der Waals surface area contributed by atoms with Gasteiger partial charge in [0, 0.05) is 31.2 Å². The third kappa shape index (κ3) is 5.06. The van der Waals surface area contributed by atoms with E-state index in [1.807, 2.05) is 0 Å². The van der Waals surface area contributed by atoms with E-state index in [-0.39, 0.29) is 30.1 Å². The van der Waals surface area contributed by atoms with Gasteiger partial charge in [-0.3, -0.25) is 14.3 Å². The van der Waals surface area contributed by atoms with Crippen molar-refractivity contribution in [3.05, 3.63) is 59.1 Å². The molecule has 3 amide bonds. The van der Waals surface area contributed by atoms with Crippen LogP contribution in [0, 0.1) is 6.92 Å². The molecule has 3 heterocycles. The van der Waals surface area contributed by atoms with Crippen molar-refractivity contribution in [3.8, 4) is 0 Å². The fourth-order valence-electron chi connectivity index (χ4n) is 5.30. The summed E-state index contributed by atoms with van der Waals surface area (Å²) in [7, 11) is -2.83. The summed E-state index contributed by atoms with van der Waals surface area (Å²) in [6, 6.07) is 7.97. The van der Waals surface area contributed by atoms with Crippen molar-refractivity contribution in [1.29, 1.82) is 0 Å². The summed E-state index contributed by atoms with van der Waals surface area (Å²) >= 11 is 6.02. The Balaban J connectivity index is 1.30. The average molecular weight is 574 g/mol. The van der Waals surface area contributed by atoms with Gasteiger partial charge in [0.25, 0.3) is 0 Å². The number of halogens is 1. The lowest BCUT2D eigenvalue weighted by Gasteiger charge is -2.38. The quantitative estimate of drug-likeness (QED) is 0.478. The lowest BCUT2D eigenvalue weighted by atomic mass is 10.0. The molecule has 1 N–H and O–H groups in total. The van der Waals surface area contributed by atoms with Gasteiger partial charge in [0.2, 0.25) is 5.91 Å². The van der Waals surface area contributed by atoms with Crippen molar-refractivity contribution in [3.63, 3.8) is 0 Å². The number of amides is 3. The highest BCUT2D eigenvalue weighted by atomic mass is 35.5. The highest BCUT2D eigenvalue weighted by Gasteiger charge is 2.40. The molecule has 0 radical (unpaired) electrons. The molecule has 0 aliphatic carbocycles. The zero-order valence-electron chi connectivity index (χ0n) is 21.4. The fraction of sp³-hybridized carbons (Fsp3) is 0.385. The highest BCUT2D eigenvalue weighted by molar-refractivity contribution is 7.91. The van der Waals surface area contributed by atoms with Crippen molar-refractivity contribution in [2.45, 2.75) is 43.3 Å². The minimum atomic E-state index is -4.03. The molecule has 0 saturated carbocycles. The van der Waals surface area contributed by atoms with E-state index in [0.29, 0.717) is 35.6 Å². The van der Waals surface area contributed by atoms with E-state index in [4.69, 9.17) is 11.6 Å². The van der Waals surface area contributed by atoms with Gasteiger partial charge in [-0.15, -0.1) is 0 Å². The van der Waals surface area contributed by atoms with Crippen LogP contribution in [0.2, 0.25) is 5.02 Å². The van der Waals surface area contributed by atoms with E-state index < -0.39 is 33.6 Å². The van der Waals surface area contributed by atoms with Gasteiger partial charge in [0.15, 0.2) is 9.84 Å². The number of fused-ring (bicyclic) bond motifs is 2. The second-order valence-corrected chi connectivity index (χ2v) is 12.4. The topological polar surface area (TPSA) is 133 Å². The van der Waals surface area contributed by atoms with Crippen LogP contribution in [-0.2, 0) is 21.2 Å². The van der Waals surface area contributed by atoms with E-state index >= 15 is 0 Å². The van der Waals surface area contributed by atoms with E-state index in [2.05, 4.69) is 4.98 Å². The zero-order chi connectivity index (χ0) is 28.1. The van der Waals surface area contributed by atoms with Crippen LogP contribution < -0.4 is 0 Å². The summed E-state index contributed by atoms with van der Waals surface area (Å²) in [5.41, 5.74) is 0.821. The predicted molar refractivity (Wildman–Crippen MR) is 143 cm³/mol. The average Bonchev–Trinajstić information content (AvgIpc) is 3.45. The van der Waals surface area contributed by atoms with Crippen LogP contribution in [0.5, 0.6) is 0 Å². The SMILES string of the molecule is Cc1ncc2n1C(=O)N(C1CCN(C(=O)[C@@H](CS(=O)(=O)c3ccc4cc(Cl)ccc4c3)N(C)C(=O)O)CC1)C2. The van der Waals surface area contributed by atoms with Crippen LogP contribution in [0.4, 0.5) is 9.59 Å². The molecule has 1 fully saturated rings. The summed E-state index contributed by atoms with van der Waals surface area (Å²) in [6.45, 7) is 2.77. The second kappa shape index (κ2) is 10.2. The molecule has 39 heavy (non-hydrogen) atoms. The monoisotopic (exact) mass is 573 g/mol. The first-order valence-electron chi connectivity index (χ1n) is 12.5. The second-order valence-electron chi connectivity index (χ2n) is 9.94. The molecule has 206 valence electrons. The Hall–Kier alpha value is -3.64. The molecular weight excluding hydrogens is 546 g/mol. The number of carboxylic acid groups (broad SMARTS) is 1. The van der Waals surface area contributed by atoms with Gasteiger partial charge in [0.1, 0.15) is 11.9 Å². The van der Waals surface area contributed by atoms with Crippen LogP contribution in [0.1, 0.15) is 24.4 Å². The maximum Gasteiger partial charge on any atom is 0.407 e. The van der Waals surface area contributed by atoms with Crippen molar-refractivity contribution in [2.24, 2.45) is 0 Å². The predicted octanol–water partition coefficient (Wildman–Crippen LogP) is 3.23. The first-order valence-corrected chi connectivity index (χ1v) is 14.5. The maximum atomic E-state index is 13.5. The van der Waals surface area contributed by atoms with Crippen LogP contribution in [0.15, 0.2) is 47.5 Å². The molecule has 2 aromatic carbocycles. The molecule has 11 nitrogen and oxygen atoms in total. The number of aromatic nitrogens is 2.